The molecule has 1 aliphatic rings. The first kappa shape index (κ1) is 9.58. The van der Waals surface area contributed by atoms with Crippen LogP contribution in [0.15, 0.2) is 23.0 Å². The molecule has 0 atom stereocenters. The summed E-state index contributed by atoms with van der Waals surface area (Å²) in [6, 6.07) is 4.34. The SMILES string of the molecule is O=c1c2c([nH]c3ccc(F)cc13)CCCC2. The second-order valence-electron chi connectivity index (χ2n) is 4.31. The second kappa shape index (κ2) is 3.44. The van der Waals surface area contributed by atoms with E-state index in [9.17, 15) is 9.18 Å². The van der Waals surface area contributed by atoms with Gasteiger partial charge in [-0.3, -0.25) is 4.79 Å². The number of aromatic amines is 1. The zero-order valence-electron chi connectivity index (χ0n) is 8.85. The van der Waals surface area contributed by atoms with Gasteiger partial charge in [0.05, 0.1) is 0 Å². The normalized spacial score (nSPS) is 15.1. The highest BCUT2D eigenvalue weighted by Crippen LogP contribution is 2.20. The molecular formula is C13H12FNO. The van der Waals surface area contributed by atoms with Gasteiger partial charge in [-0.1, -0.05) is 0 Å². The molecule has 1 aromatic heterocycles. The van der Waals surface area contributed by atoms with E-state index < -0.39 is 0 Å². The Hall–Kier alpha value is -1.64. The lowest BCUT2D eigenvalue weighted by Crippen LogP contribution is -2.18. The van der Waals surface area contributed by atoms with Gasteiger partial charge in [-0.15, -0.1) is 0 Å². The molecule has 3 rings (SSSR count). The van der Waals surface area contributed by atoms with E-state index in [-0.39, 0.29) is 11.2 Å². The van der Waals surface area contributed by atoms with Gasteiger partial charge in [-0.2, -0.15) is 0 Å². The second-order valence-corrected chi connectivity index (χ2v) is 4.31. The maximum absolute atomic E-state index is 13.1. The predicted octanol–water partition coefficient (Wildman–Crippen LogP) is 2.55. The minimum absolute atomic E-state index is 0.00273. The van der Waals surface area contributed by atoms with Gasteiger partial charge >= 0.3 is 0 Å². The number of pyridine rings is 1. The third kappa shape index (κ3) is 1.35. The zero-order chi connectivity index (χ0) is 11.1. The molecule has 2 aromatic rings. The molecule has 16 heavy (non-hydrogen) atoms. The lowest BCUT2D eigenvalue weighted by molar-refractivity contribution is 0.629. The fourth-order valence-electron chi connectivity index (χ4n) is 2.43. The van der Waals surface area contributed by atoms with E-state index in [0.717, 1.165) is 42.5 Å². The van der Waals surface area contributed by atoms with Crippen LogP contribution in [-0.2, 0) is 12.8 Å². The number of fused-ring (bicyclic) bond motifs is 2. The molecule has 0 amide bonds. The van der Waals surface area contributed by atoms with E-state index in [1.165, 1.54) is 12.1 Å². The number of H-pyrrole nitrogens is 1. The number of aromatic nitrogens is 1. The van der Waals surface area contributed by atoms with Gasteiger partial charge in [-0.05, 0) is 43.9 Å². The number of halogens is 1. The van der Waals surface area contributed by atoms with Crippen LogP contribution in [0.1, 0.15) is 24.1 Å². The van der Waals surface area contributed by atoms with E-state index in [2.05, 4.69) is 4.98 Å². The van der Waals surface area contributed by atoms with Crippen molar-refractivity contribution < 1.29 is 4.39 Å². The summed E-state index contributed by atoms with van der Waals surface area (Å²) in [5.74, 6) is -0.353. The van der Waals surface area contributed by atoms with Crippen LogP contribution in [0.3, 0.4) is 0 Å². The van der Waals surface area contributed by atoms with Crippen LogP contribution in [0.25, 0.3) is 10.9 Å². The number of hydrogen-bond acceptors (Lipinski definition) is 1. The van der Waals surface area contributed by atoms with Crippen LogP contribution >= 0.6 is 0 Å². The van der Waals surface area contributed by atoms with Crippen molar-refractivity contribution in [1.29, 1.82) is 0 Å². The molecule has 0 bridgehead atoms. The molecule has 0 unspecified atom stereocenters. The van der Waals surface area contributed by atoms with Gasteiger partial charge in [0.25, 0.3) is 0 Å². The minimum Gasteiger partial charge on any atom is -0.358 e. The first-order valence-electron chi connectivity index (χ1n) is 5.59. The Morgan fingerprint density at radius 2 is 2.00 bits per heavy atom. The average molecular weight is 217 g/mol. The van der Waals surface area contributed by atoms with Crippen molar-refractivity contribution in [2.45, 2.75) is 25.7 Å². The Morgan fingerprint density at radius 3 is 2.88 bits per heavy atom. The largest absolute Gasteiger partial charge is 0.358 e. The van der Waals surface area contributed by atoms with Crippen molar-refractivity contribution in [3.05, 3.63) is 45.5 Å². The van der Waals surface area contributed by atoms with E-state index >= 15 is 0 Å². The first-order valence-corrected chi connectivity index (χ1v) is 5.59. The molecule has 0 fully saturated rings. The topological polar surface area (TPSA) is 32.9 Å². The molecule has 0 aliphatic heterocycles. The third-order valence-electron chi connectivity index (χ3n) is 3.25. The maximum Gasteiger partial charge on any atom is 0.192 e. The van der Waals surface area contributed by atoms with E-state index in [0.29, 0.717) is 5.39 Å². The number of aryl methyl sites for hydroxylation is 1. The van der Waals surface area contributed by atoms with Gasteiger partial charge in [0.2, 0.25) is 0 Å². The van der Waals surface area contributed by atoms with Crippen LogP contribution in [0.2, 0.25) is 0 Å². The molecule has 1 N–H and O–H groups in total. The van der Waals surface area contributed by atoms with Gasteiger partial charge in [0, 0.05) is 22.2 Å². The third-order valence-corrected chi connectivity index (χ3v) is 3.25. The van der Waals surface area contributed by atoms with Crippen molar-refractivity contribution in [3.8, 4) is 0 Å². The van der Waals surface area contributed by atoms with E-state index in [4.69, 9.17) is 0 Å². The summed E-state index contributed by atoms with van der Waals surface area (Å²) >= 11 is 0. The Balaban J connectivity index is 2.40. The average Bonchev–Trinajstić information content (AvgIpc) is 2.31. The molecule has 1 heterocycles. The molecule has 0 saturated carbocycles. The van der Waals surface area contributed by atoms with Crippen molar-refractivity contribution in [2.75, 3.05) is 0 Å². The lowest BCUT2D eigenvalue weighted by atomic mass is 9.94. The van der Waals surface area contributed by atoms with E-state index in [1.807, 2.05) is 0 Å². The highest BCUT2D eigenvalue weighted by molar-refractivity contribution is 5.79. The Morgan fingerprint density at radius 1 is 1.19 bits per heavy atom. The maximum atomic E-state index is 13.1. The molecular weight excluding hydrogens is 205 g/mol. The Kier molecular flexibility index (Phi) is 2.06. The summed E-state index contributed by atoms with van der Waals surface area (Å²) in [5, 5.41) is 0.473. The zero-order valence-corrected chi connectivity index (χ0v) is 8.85. The number of hydrogen-bond donors (Lipinski definition) is 1. The first-order chi connectivity index (χ1) is 7.75. The molecule has 1 aromatic carbocycles. The molecule has 2 nitrogen and oxygen atoms in total. The summed E-state index contributed by atoms with van der Waals surface area (Å²) < 4.78 is 13.1. The summed E-state index contributed by atoms with van der Waals surface area (Å²) in [4.78, 5) is 15.4. The Labute approximate surface area is 92.1 Å². The fourth-order valence-corrected chi connectivity index (χ4v) is 2.43. The number of rotatable bonds is 0. The summed E-state index contributed by atoms with van der Waals surface area (Å²) in [5.41, 5.74) is 2.63. The highest BCUT2D eigenvalue weighted by Gasteiger charge is 2.15. The van der Waals surface area contributed by atoms with E-state index in [1.54, 1.807) is 6.07 Å². The smallest absolute Gasteiger partial charge is 0.192 e. The molecule has 0 saturated heterocycles. The minimum atomic E-state index is -0.353. The van der Waals surface area contributed by atoms with Crippen LogP contribution in [-0.4, -0.2) is 4.98 Å². The van der Waals surface area contributed by atoms with Crippen LogP contribution in [0.5, 0.6) is 0 Å². The Bertz CT molecular complexity index is 615. The lowest BCUT2D eigenvalue weighted by Gasteiger charge is -2.15. The van der Waals surface area contributed by atoms with Gasteiger partial charge < -0.3 is 4.98 Å². The quantitative estimate of drug-likeness (QED) is 0.722. The van der Waals surface area contributed by atoms with Crippen LogP contribution in [0, 0.1) is 5.82 Å². The van der Waals surface area contributed by atoms with Crippen LogP contribution < -0.4 is 5.43 Å². The monoisotopic (exact) mass is 217 g/mol. The predicted molar refractivity (Wildman–Crippen MR) is 61.2 cm³/mol. The van der Waals surface area contributed by atoms with Gasteiger partial charge in [-0.25, -0.2) is 4.39 Å². The number of benzene rings is 1. The molecule has 0 radical (unpaired) electrons. The van der Waals surface area contributed by atoms with Gasteiger partial charge in [0.15, 0.2) is 5.43 Å². The molecule has 1 aliphatic carbocycles. The summed E-state index contributed by atoms with van der Waals surface area (Å²) in [7, 11) is 0. The van der Waals surface area contributed by atoms with Crippen LogP contribution in [0.4, 0.5) is 4.39 Å². The van der Waals surface area contributed by atoms with Crippen molar-refractivity contribution in [3.63, 3.8) is 0 Å². The van der Waals surface area contributed by atoms with Gasteiger partial charge in [0.1, 0.15) is 5.82 Å². The van der Waals surface area contributed by atoms with Crippen molar-refractivity contribution in [1.82, 2.24) is 4.98 Å². The number of nitrogens with one attached hydrogen (secondary N) is 1. The van der Waals surface area contributed by atoms with Crippen molar-refractivity contribution >= 4 is 10.9 Å². The standard InChI is InChI=1S/C13H12FNO/c14-8-5-6-12-10(7-8)13(16)9-3-1-2-4-11(9)15-12/h5-7H,1-4H2,(H,15,16). The fraction of sp³-hybridized carbons (Fsp3) is 0.308. The molecule has 3 heteroatoms. The van der Waals surface area contributed by atoms with Crippen molar-refractivity contribution in [2.24, 2.45) is 0 Å². The molecule has 82 valence electrons. The summed E-state index contributed by atoms with van der Waals surface area (Å²) in [6.07, 6.45) is 3.92. The summed E-state index contributed by atoms with van der Waals surface area (Å²) in [6.45, 7) is 0. The molecule has 0 spiro atoms. The highest BCUT2D eigenvalue weighted by atomic mass is 19.1.